The summed E-state index contributed by atoms with van der Waals surface area (Å²) in [6.07, 6.45) is 16.9. The van der Waals surface area contributed by atoms with E-state index in [9.17, 15) is 9.90 Å². The van der Waals surface area contributed by atoms with Crippen molar-refractivity contribution in [3.8, 4) is 0 Å². The SMILES string of the molecule is CC1(C)OCC(CO)(CO[Si](c2ccccc2)(c2ccccc2)C(C)(C)C)CO1.CCCCCCCC(CCCCCCC)CCC(=O)O. The van der Waals surface area contributed by atoms with E-state index in [-0.39, 0.29) is 11.6 Å². The fourth-order valence-electron chi connectivity index (χ4n) is 6.81. The molecule has 1 aliphatic heterocycles. The molecule has 0 spiro atoms. The number of ether oxygens (including phenoxy) is 2. The van der Waals surface area contributed by atoms with Gasteiger partial charge in [-0.2, -0.15) is 0 Å². The van der Waals surface area contributed by atoms with Gasteiger partial charge in [-0.15, -0.1) is 0 Å². The highest BCUT2D eigenvalue weighted by atomic mass is 28.4. The van der Waals surface area contributed by atoms with Crippen LogP contribution >= 0.6 is 0 Å². The average molecular weight is 699 g/mol. The summed E-state index contributed by atoms with van der Waals surface area (Å²) in [5.74, 6) is -0.614. The molecule has 1 fully saturated rings. The van der Waals surface area contributed by atoms with Crippen LogP contribution in [-0.4, -0.2) is 56.7 Å². The van der Waals surface area contributed by atoms with E-state index in [1.807, 2.05) is 26.0 Å². The van der Waals surface area contributed by atoms with E-state index in [4.69, 9.17) is 19.0 Å². The largest absolute Gasteiger partial charge is 0.481 e. The number of carboxylic acid groups (broad SMARTS) is 1. The molecular formula is C42H70O6Si. The minimum atomic E-state index is -2.65. The van der Waals surface area contributed by atoms with Gasteiger partial charge in [-0.05, 0) is 41.6 Å². The van der Waals surface area contributed by atoms with Crippen LogP contribution in [0.1, 0.15) is 138 Å². The van der Waals surface area contributed by atoms with E-state index in [0.717, 1.165) is 6.42 Å². The van der Waals surface area contributed by atoms with Crippen molar-refractivity contribution in [2.75, 3.05) is 26.4 Å². The molecular weight excluding hydrogens is 629 g/mol. The molecule has 3 rings (SSSR count). The molecule has 278 valence electrons. The van der Waals surface area contributed by atoms with Crippen molar-refractivity contribution in [3.63, 3.8) is 0 Å². The maximum atomic E-state index is 10.7. The molecule has 1 saturated heterocycles. The van der Waals surface area contributed by atoms with E-state index < -0.39 is 25.5 Å². The zero-order chi connectivity index (χ0) is 36.2. The number of unbranched alkanes of at least 4 members (excludes halogenated alkanes) is 8. The van der Waals surface area contributed by atoms with Crippen LogP contribution in [-0.2, 0) is 18.7 Å². The first-order valence-corrected chi connectivity index (χ1v) is 21.1. The van der Waals surface area contributed by atoms with Crippen LogP contribution < -0.4 is 10.4 Å². The number of aliphatic hydroxyl groups excluding tert-OH is 1. The highest BCUT2D eigenvalue weighted by Crippen LogP contribution is 2.39. The molecule has 7 heteroatoms. The lowest BCUT2D eigenvalue weighted by molar-refractivity contribution is -0.294. The Bertz CT molecular complexity index is 1080. The molecule has 1 aliphatic rings. The summed E-state index contributed by atoms with van der Waals surface area (Å²) < 4.78 is 18.8. The third-order valence-electron chi connectivity index (χ3n) is 10.00. The van der Waals surface area contributed by atoms with Crippen molar-refractivity contribution in [2.45, 2.75) is 149 Å². The van der Waals surface area contributed by atoms with E-state index in [2.05, 4.69) is 83.1 Å². The highest BCUT2D eigenvalue weighted by Gasteiger charge is 2.52. The Hall–Kier alpha value is -2.03. The first-order chi connectivity index (χ1) is 23.3. The quantitative estimate of drug-likeness (QED) is 0.0998. The summed E-state index contributed by atoms with van der Waals surface area (Å²) in [4.78, 5) is 10.7. The lowest BCUT2D eigenvalue weighted by Crippen LogP contribution is -2.68. The Labute approximate surface area is 300 Å². The molecule has 0 saturated carbocycles. The second-order valence-electron chi connectivity index (χ2n) is 15.8. The normalized spacial score (nSPS) is 15.9. The molecule has 2 aromatic carbocycles. The Kier molecular flexibility index (Phi) is 19.4. The molecule has 2 N–H and O–H groups in total. The van der Waals surface area contributed by atoms with Crippen LogP contribution in [0.3, 0.4) is 0 Å². The summed E-state index contributed by atoms with van der Waals surface area (Å²) in [6.45, 7) is 16.2. The summed E-state index contributed by atoms with van der Waals surface area (Å²) in [5, 5.41) is 21.4. The molecule has 49 heavy (non-hydrogen) atoms. The lowest BCUT2D eigenvalue weighted by atomic mass is 9.90. The van der Waals surface area contributed by atoms with Gasteiger partial charge in [-0.1, -0.05) is 172 Å². The standard InChI is InChI=1S/C24H34O4Si.C18H36O2/c1-22(2,3)29(20-12-8-6-9-13-20,21-14-10-7-11-15-21)28-19-24(16-25)17-26-23(4,5)27-18-24;1-3-5-7-9-11-13-17(15-16-18(19)20)14-12-10-8-6-4-2/h6-15,25H,16-19H2,1-5H3;17H,3-16H2,1-2H3,(H,19,20). The molecule has 2 aromatic rings. The predicted octanol–water partition coefficient (Wildman–Crippen LogP) is 9.51. The molecule has 0 unspecified atom stereocenters. The Morgan fingerprint density at radius 3 is 1.61 bits per heavy atom. The molecule has 0 bridgehead atoms. The fourth-order valence-corrected chi connectivity index (χ4v) is 11.5. The zero-order valence-electron chi connectivity index (χ0n) is 32.1. The molecule has 0 amide bonds. The van der Waals surface area contributed by atoms with Crippen LogP contribution in [0.2, 0.25) is 5.04 Å². The molecule has 0 atom stereocenters. The summed E-state index contributed by atoms with van der Waals surface area (Å²) in [6, 6.07) is 21.1. The highest BCUT2D eigenvalue weighted by molar-refractivity contribution is 6.99. The second-order valence-corrected chi connectivity index (χ2v) is 20.1. The third kappa shape index (κ3) is 14.6. The fraction of sp³-hybridized carbons (Fsp3) is 0.690. The molecule has 1 heterocycles. The number of carboxylic acids is 1. The van der Waals surface area contributed by atoms with Crippen molar-refractivity contribution in [1.82, 2.24) is 0 Å². The minimum Gasteiger partial charge on any atom is -0.481 e. The van der Waals surface area contributed by atoms with Gasteiger partial charge < -0.3 is 24.1 Å². The van der Waals surface area contributed by atoms with Crippen molar-refractivity contribution in [2.24, 2.45) is 11.3 Å². The van der Waals surface area contributed by atoms with Gasteiger partial charge in [0.15, 0.2) is 5.79 Å². The van der Waals surface area contributed by atoms with E-state index in [1.165, 1.54) is 87.4 Å². The number of carbonyl (C=O) groups is 1. The number of aliphatic hydroxyl groups is 1. The monoisotopic (exact) mass is 698 g/mol. The van der Waals surface area contributed by atoms with Crippen molar-refractivity contribution in [3.05, 3.63) is 60.7 Å². The predicted molar refractivity (Wildman–Crippen MR) is 206 cm³/mol. The number of benzene rings is 2. The van der Waals surface area contributed by atoms with Gasteiger partial charge in [0.1, 0.15) is 0 Å². The van der Waals surface area contributed by atoms with E-state index in [0.29, 0.717) is 32.2 Å². The van der Waals surface area contributed by atoms with Gasteiger partial charge in [0.2, 0.25) is 0 Å². The summed E-state index contributed by atoms with van der Waals surface area (Å²) in [5.41, 5.74) is -0.567. The van der Waals surface area contributed by atoms with Gasteiger partial charge >= 0.3 is 5.97 Å². The maximum Gasteiger partial charge on any atom is 0.303 e. The second kappa shape index (κ2) is 22.0. The van der Waals surface area contributed by atoms with Crippen molar-refractivity contribution < 1.29 is 28.9 Å². The van der Waals surface area contributed by atoms with Gasteiger partial charge in [0, 0.05) is 13.0 Å². The smallest absolute Gasteiger partial charge is 0.303 e. The van der Waals surface area contributed by atoms with Gasteiger partial charge in [-0.3, -0.25) is 4.79 Å². The van der Waals surface area contributed by atoms with Crippen molar-refractivity contribution >= 4 is 24.7 Å². The lowest BCUT2D eigenvalue weighted by Gasteiger charge is -2.47. The van der Waals surface area contributed by atoms with E-state index >= 15 is 0 Å². The average Bonchev–Trinajstić information content (AvgIpc) is 3.08. The summed E-state index contributed by atoms with van der Waals surface area (Å²) >= 11 is 0. The first-order valence-electron chi connectivity index (χ1n) is 19.2. The van der Waals surface area contributed by atoms with Crippen LogP contribution in [0.25, 0.3) is 0 Å². The van der Waals surface area contributed by atoms with Gasteiger partial charge in [-0.25, -0.2) is 0 Å². The number of aliphatic carboxylic acids is 1. The first kappa shape index (κ1) is 43.1. The molecule has 6 nitrogen and oxygen atoms in total. The van der Waals surface area contributed by atoms with E-state index in [1.54, 1.807) is 0 Å². The number of rotatable bonds is 21. The number of hydrogen-bond acceptors (Lipinski definition) is 5. The van der Waals surface area contributed by atoms with Crippen LogP contribution in [0.5, 0.6) is 0 Å². The zero-order valence-corrected chi connectivity index (χ0v) is 33.1. The topological polar surface area (TPSA) is 85.2 Å². The Balaban J connectivity index is 0.000000368. The Morgan fingerprint density at radius 1 is 0.776 bits per heavy atom. The third-order valence-corrected chi connectivity index (χ3v) is 15.0. The van der Waals surface area contributed by atoms with Crippen LogP contribution in [0, 0.1) is 11.3 Å². The molecule has 0 aromatic heterocycles. The minimum absolute atomic E-state index is 0.0404. The molecule has 0 aliphatic carbocycles. The Morgan fingerprint density at radius 2 is 1.22 bits per heavy atom. The van der Waals surface area contributed by atoms with Crippen LogP contribution in [0.15, 0.2) is 60.7 Å². The number of hydrogen-bond donors (Lipinski definition) is 2. The van der Waals surface area contributed by atoms with Crippen molar-refractivity contribution in [1.29, 1.82) is 0 Å². The van der Waals surface area contributed by atoms with Gasteiger partial charge in [0.25, 0.3) is 8.32 Å². The summed E-state index contributed by atoms with van der Waals surface area (Å²) in [7, 11) is -2.65. The van der Waals surface area contributed by atoms with Crippen LogP contribution in [0.4, 0.5) is 0 Å². The molecule has 0 radical (unpaired) electrons. The van der Waals surface area contributed by atoms with Gasteiger partial charge in [0.05, 0.1) is 25.2 Å². The maximum absolute atomic E-state index is 10.7.